The summed E-state index contributed by atoms with van der Waals surface area (Å²) >= 11 is 10.6. The zero-order valence-corrected chi connectivity index (χ0v) is 18.9. The van der Waals surface area contributed by atoms with Crippen molar-refractivity contribution in [1.82, 2.24) is 0 Å². The third kappa shape index (κ3) is 21.7. The van der Waals surface area contributed by atoms with Gasteiger partial charge in [-0.15, -0.1) is 0 Å². The molecule has 0 aromatic carbocycles. The van der Waals surface area contributed by atoms with Crippen LogP contribution in [0.15, 0.2) is 0 Å². The fraction of sp³-hybridized carbons (Fsp3) is 1.00. The topological polar surface area (TPSA) is 18.5 Å². The van der Waals surface area contributed by atoms with Crippen LogP contribution in [0.3, 0.4) is 0 Å². The third-order valence-corrected chi connectivity index (χ3v) is 6.26. The summed E-state index contributed by atoms with van der Waals surface area (Å²) in [6.07, 6.45) is 15.4. The van der Waals surface area contributed by atoms with Crippen LogP contribution in [0.1, 0.15) is 104 Å². The second kappa shape index (κ2) is 21.0. The van der Waals surface area contributed by atoms with Crippen LogP contribution in [0.2, 0.25) is 0 Å². The van der Waals surface area contributed by atoms with Crippen LogP contribution >= 0.6 is 6.12 Å². The Morgan fingerprint density at radius 1 is 0.542 bits per heavy atom. The standard InChI is InChI=1S/C18H39O2PS2.Li/c1-3-5-7-9-11-13-15-17-19-21(22,23)20-18-16-14-12-10-8-6-4-2;/h3-18H2,1-2H3,(H,22,23);/q;+1/p-1. The van der Waals surface area contributed by atoms with Gasteiger partial charge in [0.25, 0.3) is 0 Å². The van der Waals surface area contributed by atoms with Gasteiger partial charge >= 0.3 is 18.9 Å². The van der Waals surface area contributed by atoms with Gasteiger partial charge in [0.2, 0.25) is 0 Å². The van der Waals surface area contributed by atoms with Crippen LogP contribution in [-0.4, -0.2) is 13.2 Å². The summed E-state index contributed by atoms with van der Waals surface area (Å²) in [6, 6.07) is 0. The molecule has 0 aliphatic heterocycles. The van der Waals surface area contributed by atoms with Gasteiger partial charge in [-0.2, -0.15) is 0 Å². The van der Waals surface area contributed by atoms with Crippen LogP contribution < -0.4 is 18.9 Å². The molecule has 0 fully saturated rings. The molecule has 0 aliphatic rings. The first-order chi connectivity index (χ1) is 11.1. The van der Waals surface area contributed by atoms with Crippen molar-refractivity contribution in [2.24, 2.45) is 0 Å². The molecule has 6 heteroatoms. The molecule has 0 saturated heterocycles. The summed E-state index contributed by atoms with van der Waals surface area (Å²) in [7, 11) is 0. The average Bonchev–Trinajstić information content (AvgIpc) is 2.52. The first kappa shape index (κ1) is 27.9. The van der Waals surface area contributed by atoms with E-state index in [0.29, 0.717) is 13.2 Å². The summed E-state index contributed by atoms with van der Waals surface area (Å²) in [6.45, 7) is 5.84. The van der Waals surface area contributed by atoms with Crippen molar-refractivity contribution in [3.05, 3.63) is 0 Å². The summed E-state index contributed by atoms with van der Waals surface area (Å²) in [4.78, 5) is 0. The molecule has 140 valence electrons. The maximum absolute atomic E-state index is 5.64. The Morgan fingerprint density at radius 3 is 1.17 bits per heavy atom. The molecule has 0 radical (unpaired) electrons. The van der Waals surface area contributed by atoms with E-state index in [9.17, 15) is 0 Å². The fourth-order valence-electron chi connectivity index (χ4n) is 2.51. The monoisotopic (exact) mass is 388 g/mol. The molecule has 0 aliphatic carbocycles. The van der Waals surface area contributed by atoms with E-state index in [2.05, 4.69) is 13.8 Å². The molecular weight excluding hydrogens is 350 g/mol. The van der Waals surface area contributed by atoms with Crippen LogP contribution in [-0.2, 0) is 33.5 Å². The van der Waals surface area contributed by atoms with Crippen molar-refractivity contribution in [2.75, 3.05) is 13.2 Å². The van der Waals surface area contributed by atoms with Gasteiger partial charge in [-0.25, -0.2) is 0 Å². The molecule has 0 spiro atoms. The van der Waals surface area contributed by atoms with Gasteiger partial charge in [0.05, 0.1) is 13.2 Å². The largest absolute Gasteiger partial charge is 1.00 e. The Hall–Kier alpha value is 1.65. The van der Waals surface area contributed by atoms with Crippen molar-refractivity contribution in [2.45, 2.75) is 104 Å². The van der Waals surface area contributed by atoms with E-state index in [1.54, 1.807) is 0 Å². The number of unbranched alkanes of at least 4 members (excludes halogenated alkanes) is 12. The molecule has 0 aromatic heterocycles. The molecule has 2 nitrogen and oxygen atoms in total. The Labute approximate surface area is 175 Å². The zero-order chi connectivity index (χ0) is 17.2. The van der Waals surface area contributed by atoms with Gasteiger partial charge in [0.15, 0.2) is 0 Å². The van der Waals surface area contributed by atoms with E-state index in [-0.39, 0.29) is 18.9 Å². The molecule has 0 heterocycles. The van der Waals surface area contributed by atoms with Crippen molar-refractivity contribution >= 4 is 30.6 Å². The first-order valence-corrected chi connectivity index (χ1v) is 13.4. The predicted octanol–water partition coefficient (Wildman–Crippen LogP) is 4.30. The summed E-state index contributed by atoms with van der Waals surface area (Å²) < 4.78 is 11.3. The Kier molecular flexibility index (Phi) is 24.3. The Balaban J connectivity index is 0. The molecular formula is C18H38LiO2PS2. The third-order valence-electron chi connectivity index (χ3n) is 3.99. The summed E-state index contributed by atoms with van der Waals surface area (Å²) in [5.74, 6) is 0. The van der Waals surface area contributed by atoms with E-state index in [4.69, 9.17) is 33.5 Å². The molecule has 0 unspecified atom stereocenters. The first-order valence-electron chi connectivity index (χ1n) is 9.72. The molecule has 0 amide bonds. The predicted molar refractivity (Wildman–Crippen MR) is 110 cm³/mol. The Morgan fingerprint density at radius 2 is 0.833 bits per heavy atom. The van der Waals surface area contributed by atoms with E-state index in [0.717, 1.165) is 12.8 Å². The average molecular weight is 389 g/mol. The fourth-order valence-corrected chi connectivity index (χ4v) is 4.18. The van der Waals surface area contributed by atoms with Crippen LogP contribution in [0.5, 0.6) is 0 Å². The van der Waals surface area contributed by atoms with Gasteiger partial charge in [0.1, 0.15) is 0 Å². The van der Waals surface area contributed by atoms with E-state index >= 15 is 0 Å². The summed E-state index contributed by atoms with van der Waals surface area (Å²) in [5.41, 5.74) is 0. The smallest absolute Gasteiger partial charge is 0.516 e. The minimum absolute atomic E-state index is 0. The molecule has 0 atom stereocenters. The Bertz CT molecular complexity index is 225. The molecule has 0 N–H and O–H groups in total. The van der Waals surface area contributed by atoms with Crippen LogP contribution in [0.25, 0.3) is 0 Å². The maximum atomic E-state index is 5.64. The van der Waals surface area contributed by atoms with E-state index in [1.165, 1.54) is 77.0 Å². The van der Waals surface area contributed by atoms with Crippen LogP contribution in [0.4, 0.5) is 0 Å². The van der Waals surface area contributed by atoms with Crippen molar-refractivity contribution in [1.29, 1.82) is 0 Å². The molecule has 0 aromatic rings. The van der Waals surface area contributed by atoms with Gasteiger partial charge in [-0.05, 0) is 12.8 Å². The molecule has 24 heavy (non-hydrogen) atoms. The second-order valence-corrected chi connectivity index (χ2v) is 11.3. The van der Waals surface area contributed by atoms with Gasteiger partial charge in [-0.3, -0.25) is 9.05 Å². The number of hydrogen-bond acceptors (Lipinski definition) is 4. The van der Waals surface area contributed by atoms with Crippen molar-refractivity contribution in [3.63, 3.8) is 0 Å². The summed E-state index contributed by atoms with van der Waals surface area (Å²) in [5, 5.41) is 0. The molecule has 0 bridgehead atoms. The minimum atomic E-state index is -2.41. The van der Waals surface area contributed by atoms with Crippen LogP contribution in [0, 0.1) is 0 Å². The van der Waals surface area contributed by atoms with Crippen molar-refractivity contribution in [3.8, 4) is 0 Å². The van der Waals surface area contributed by atoms with Gasteiger partial charge in [0, 0.05) is 6.12 Å². The SMILES string of the molecule is CCCCCCCCCO[P+]([S-])([S-])OCCCCCCCCC.[Li+]. The van der Waals surface area contributed by atoms with E-state index < -0.39 is 6.12 Å². The second-order valence-electron chi connectivity index (χ2n) is 6.36. The normalized spacial score (nSPS) is 11.5. The molecule has 0 rings (SSSR count). The quantitative estimate of drug-likeness (QED) is 0.151. The minimum Gasteiger partial charge on any atom is -0.516 e. The van der Waals surface area contributed by atoms with E-state index in [1.807, 2.05) is 0 Å². The molecule has 0 saturated carbocycles. The number of rotatable bonds is 18. The van der Waals surface area contributed by atoms with Crippen molar-refractivity contribution < 1.29 is 27.9 Å². The van der Waals surface area contributed by atoms with Gasteiger partial charge in [-0.1, -0.05) is 90.9 Å². The zero-order valence-electron chi connectivity index (χ0n) is 16.4. The number of hydrogen-bond donors (Lipinski definition) is 0. The van der Waals surface area contributed by atoms with Gasteiger partial charge < -0.3 is 24.5 Å². The maximum Gasteiger partial charge on any atom is 1.00 e.